The number of nitrogens with zero attached hydrogens (tertiary/aromatic N) is 2. The van der Waals surface area contributed by atoms with Crippen molar-refractivity contribution in [3.63, 3.8) is 0 Å². The molecule has 2 heterocycles. The molecule has 0 saturated carbocycles. The Morgan fingerprint density at radius 3 is 2.89 bits per heavy atom. The summed E-state index contributed by atoms with van der Waals surface area (Å²) in [5, 5.41) is 0. The average Bonchev–Trinajstić information content (AvgIpc) is 2.38. The lowest BCUT2D eigenvalue weighted by Gasteiger charge is -2.43. The maximum Gasteiger partial charge on any atom is 0.141 e. The molecule has 0 amide bonds. The molecule has 0 radical (unpaired) electrons. The van der Waals surface area contributed by atoms with Crippen molar-refractivity contribution in [2.75, 3.05) is 6.54 Å². The smallest absolute Gasteiger partial charge is 0.141 e. The van der Waals surface area contributed by atoms with E-state index in [1.54, 1.807) is 6.07 Å². The summed E-state index contributed by atoms with van der Waals surface area (Å²) in [5.74, 6) is -0.284. The highest BCUT2D eigenvalue weighted by atomic mass is 19.1. The predicted molar refractivity (Wildman–Crippen MR) is 70.6 cm³/mol. The lowest BCUT2D eigenvalue weighted by Crippen LogP contribution is -2.49. The Bertz CT molecular complexity index is 379. The van der Waals surface area contributed by atoms with E-state index in [1.165, 1.54) is 25.1 Å². The van der Waals surface area contributed by atoms with Crippen LogP contribution < -0.4 is 5.73 Å². The van der Waals surface area contributed by atoms with Crippen molar-refractivity contribution in [3.8, 4) is 0 Å². The highest BCUT2D eigenvalue weighted by Gasteiger charge is 2.31. The second kappa shape index (κ2) is 5.76. The number of piperidine rings is 1. The van der Waals surface area contributed by atoms with Gasteiger partial charge in [0.25, 0.3) is 0 Å². The van der Waals surface area contributed by atoms with Crippen LogP contribution in [0.1, 0.15) is 44.8 Å². The number of hydrogen-bond acceptors (Lipinski definition) is 3. The minimum Gasteiger partial charge on any atom is -0.329 e. The third-order valence-corrected chi connectivity index (χ3v) is 3.99. The van der Waals surface area contributed by atoms with E-state index in [0.29, 0.717) is 18.6 Å². The summed E-state index contributed by atoms with van der Waals surface area (Å²) in [5.41, 5.74) is 6.79. The van der Waals surface area contributed by atoms with Crippen molar-refractivity contribution in [3.05, 3.63) is 29.8 Å². The van der Waals surface area contributed by atoms with Gasteiger partial charge in [-0.25, -0.2) is 4.39 Å². The van der Waals surface area contributed by atoms with E-state index in [4.69, 9.17) is 5.73 Å². The van der Waals surface area contributed by atoms with Gasteiger partial charge in [-0.2, -0.15) is 0 Å². The fourth-order valence-electron chi connectivity index (χ4n) is 3.03. The molecule has 1 aromatic heterocycles. The average molecular weight is 251 g/mol. The Morgan fingerprint density at radius 2 is 2.28 bits per heavy atom. The number of pyridine rings is 1. The molecule has 3 atom stereocenters. The van der Waals surface area contributed by atoms with E-state index in [9.17, 15) is 4.39 Å². The van der Waals surface area contributed by atoms with E-state index in [0.717, 1.165) is 12.1 Å². The molecular formula is C14H22FN3. The topological polar surface area (TPSA) is 42.1 Å². The lowest BCUT2D eigenvalue weighted by atomic mass is 9.93. The fraction of sp³-hybridized carbons (Fsp3) is 0.643. The number of nitrogens with two attached hydrogens (primary N) is 1. The summed E-state index contributed by atoms with van der Waals surface area (Å²) in [6.45, 7) is 5.04. The SMILES string of the molecule is CC1CCCC(CN)N1C(C)c1ccc(F)cn1. The molecule has 1 aromatic rings. The Balaban J connectivity index is 2.19. The zero-order valence-electron chi connectivity index (χ0n) is 11.1. The minimum absolute atomic E-state index is 0.189. The highest BCUT2D eigenvalue weighted by molar-refractivity contribution is 5.10. The first-order chi connectivity index (χ1) is 8.63. The molecule has 2 N–H and O–H groups in total. The Morgan fingerprint density at radius 1 is 1.50 bits per heavy atom. The molecule has 0 spiro atoms. The van der Waals surface area contributed by atoms with Crippen LogP contribution in [0.3, 0.4) is 0 Å². The van der Waals surface area contributed by atoms with Crippen LogP contribution in [0.15, 0.2) is 18.3 Å². The summed E-state index contributed by atoms with van der Waals surface area (Å²) in [6.07, 6.45) is 4.87. The molecule has 3 nitrogen and oxygen atoms in total. The van der Waals surface area contributed by atoms with Crippen molar-refractivity contribution in [1.82, 2.24) is 9.88 Å². The number of likely N-dealkylation sites (tertiary alicyclic amines) is 1. The van der Waals surface area contributed by atoms with Crippen LogP contribution in [0.5, 0.6) is 0 Å². The lowest BCUT2D eigenvalue weighted by molar-refractivity contribution is 0.0552. The molecule has 4 heteroatoms. The van der Waals surface area contributed by atoms with Crippen LogP contribution in [0.4, 0.5) is 4.39 Å². The molecule has 1 aliphatic rings. The number of hydrogen-bond donors (Lipinski definition) is 1. The van der Waals surface area contributed by atoms with Crippen molar-refractivity contribution in [2.45, 2.75) is 51.2 Å². The molecule has 0 aromatic carbocycles. The van der Waals surface area contributed by atoms with Crippen LogP contribution in [0, 0.1) is 5.82 Å². The van der Waals surface area contributed by atoms with Gasteiger partial charge >= 0.3 is 0 Å². The molecule has 1 fully saturated rings. The monoisotopic (exact) mass is 251 g/mol. The van der Waals surface area contributed by atoms with E-state index in [1.807, 2.05) is 0 Å². The Kier molecular flexibility index (Phi) is 4.30. The van der Waals surface area contributed by atoms with E-state index in [-0.39, 0.29) is 11.9 Å². The molecule has 0 bridgehead atoms. The number of rotatable bonds is 3. The Hall–Kier alpha value is -1.00. The summed E-state index contributed by atoms with van der Waals surface area (Å²) in [4.78, 5) is 6.63. The van der Waals surface area contributed by atoms with Gasteiger partial charge in [-0.3, -0.25) is 9.88 Å². The maximum absolute atomic E-state index is 12.9. The third-order valence-electron chi connectivity index (χ3n) is 3.99. The van der Waals surface area contributed by atoms with E-state index in [2.05, 4.69) is 23.7 Å². The standard InChI is InChI=1S/C14H22FN3/c1-10-4-3-5-13(8-16)18(10)11(2)14-7-6-12(15)9-17-14/h6-7,9-11,13H,3-5,8,16H2,1-2H3. The first kappa shape index (κ1) is 13.4. The minimum atomic E-state index is -0.284. The van der Waals surface area contributed by atoms with Gasteiger partial charge < -0.3 is 5.73 Å². The molecule has 1 saturated heterocycles. The predicted octanol–water partition coefficient (Wildman–Crippen LogP) is 2.48. The molecule has 3 unspecified atom stereocenters. The second-order valence-corrected chi connectivity index (χ2v) is 5.19. The molecule has 1 aliphatic heterocycles. The van der Waals surface area contributed by atoms with Gasteiger partial charge in [0.2, 0.25) is 0 Å². The normalized spacial score (nSPS) is 27.1. The fourth-order valence-corrected chi connectivity index (χ4v) is 3.03. The van der Waals surface area contributed by atoms with E-state index >= 15 is 0 Å². The largest absolute Gasteiger partial charge is 0.329 e. The zero-order chi connectivity index (χ0) is 13.1. The van der Waals surface area contributed by atoms with Gasteiger partial charge in [0.05, 0.1) is 11.9 Å². The summed E-state index contributed by atoms with van der Waals surface area (Å²) >= 11 is 0. The van der Waals surface area contributed by atoms with Crippen LogP contribution in [-0.4, -0.2) is 28.5 Å². The highest BCUT2D eigenvalue weighted by Crippen LogP contribution is 2.31. The second-order valence-electron chi connectivity index (χ2n) is 5.19. The zero-order valence-corrected chi connectivity index (χ0v) is 11.1. The van der Waals surface area contributed by atoms with Crippen molar-refractivity contribution in [2.24, 2.45) is 5.73 Å². The summed E-state index contributed by atoms with van der Waals surface area (Å²) < 4.78 is 12.9. The maximum atomic E-state index is 12.9. The molecule has 100 valence electrons. The van der Waals surface area contributed by atoms with Crippen molar-refractivity contribution < 1.29 is 4.39 Å². The van der Waals surface area contributed by atoms with Crippen LogP contribution >= 0.6 is 0 Å². The molecule has 2 rings (SSSR count). The van der Waals surface area contributed by atoms with Gasteiger partial charge in [-0.1, -0.05) is 6.42 Å². The first-order valence-corrected chi connectivity index (χ1v) is 6.72. The summed E-state index contributed by atoms with van der Waals surface area (Å²) in [6, 6.07) is 4.36. The van der Waals surface area contributed by atoms with Crippen LogP contribution in [0.2, 0.25) is 0 Å². The number of halogens is 1. The van der Waals surface area contributed by atoms with E-state index < -0.39 is 0 Å². The molecular weight excluding hydrogens is 229 g/mol. The van der Waals surface area contributed by atoms with Gasteiger partial charge in [-0.15, -0.1) is 0 Å². The third kappa shape index (κ3) is 2.70. The Labute approximate surface area is 108 Å². The summed E-state index contributed by atoms with van der Waals surface area (Å²) in [7, 11) is 0. The van der Waals surface area contributed by atoms with Crippen molar-refractivity contribution >= 4 is 0 Å². The van der Waals surface area contributed by atoms with Crippen LogP contribution in [-0.2, 0) is 0 Å². The van der Waals surface area contributed by atoms with Gasteiger partial charge in [0, 0.05) is 24.7 Å². The number of aromatic nitrogens is 1. The van der Waals surface area contributed by atoms with Gasteiger partial charge in [0.15, 0.2) is 0 Å². The van der Waals surface area contributed by atoms with Crippen LogP contribution in [0.25, 0.3) is 0 Å². The van der Waals surface area contributed by atoms with Gasteiger partial charge in [-0.05, 0) is 38.8 Å². The first-order valence-electron chi connectivity index (χ1n) is 6.72. The van der Waals surface area contributed by atoms with Gasteiger partial charge in [0.1, 0.15) is 5.82 Å². The quantitative estimate of drug-likeness (QED) is 0.897. The molecule has 0 aliphatic carbocycles. The van der Waals surface area contributed by atoms with Crippen molar-refractivity contribution in [1.29, 1.82) is 0 Å². The molecule has 18 heavy (non-hydrogen) atoms.